The van der Waals surface area contributed by atoms with Gasteiger partial charge in [0.1, 0.15) is 0 Å². The van der Waals surface area contributed by atoms with E-state index in [-0.39, 0.29) is 30.2 Å². The van der Waals surface area contributed by atoms with E-state index in [9.17, 15) is 0 Å². The van der Waals surface area contributed by atoms with E-state index >= 15 is 0 Å². The second kappa shape index (κ2) is 14.2. The van der Waals surface area contributed by atoms with Crippen LogP contribution in [0, 0.1) is 26.8 Å². The van der Waals surface area contributed by atoms with Crippen LogP contribution < -0.4 is 24.8 Å². The van der Waals surface area contributed by atoms with Gasteiger partial charge in [-0.2, -0.15) is 53.6 Å². The maximum Gasteiger partial charge on any atom is -0.0253 e. The Labute approximate surface area is 227 Å². The van der Waals surface area contributed by atoms with Crippen LogP contribution in [0.3, 0.4) is 0 Å². The fourth-order valence-corrected chi connectivity index (χ4v) is 4.17. The molecule has 0 spiro atoms. The molecule has 0 radical (unpaired) electrons. The Bertz CT molecular complexity index is 1110. The first-order valence-electron chi connectivity index (χ1n) is 10.8. The van der Waals surface area contributed by atoms with Gasteiger partial charge < -0.3 is 24.8 Å². The first-order chi connectivity index (χ1) is 14.9. The molecule has 4 heteroatoms. The molecular formula is C29H30Cl2SiZr-2. The van der Waals surface area contributed by atoms with E-state index in [1.807, 2.05) is 6.07 Å². The van der Waals surface area contributed by atoms with E-state index in [4.69, 9.17) is 0 Å². The molecule has 1 aliphatic rings. The van der Waals surface area contributed by atoms with Crippen LogP contribution in [0.5, 0.6) is 0 Å². The number of aryl methyl sites for hydroxylation is 3. The van der Waals surface area contributed by atoms with Gasteiger partial charge in [0.2, 0.25) is 0 Å². The van der Waals surface area contributed by atoms with Crippen LogP contribution in [0.25, 0.3) is 22.3 Å². The van der Waals surface area contributed by atoms with Gasteiger partial charge >= 0.3 is 41.9 Å². The third kappa shape index (κ3) is 8.15. The number of fused-ring (bicyclic) bond motifs is 3. The second-order valence-corrected chi connectivity index (χ2v) is 17.7. The summed E-state index contributed by atoms with van der Waals surface area (Å²) < 4.78 is 0. The molecule has 0 fully saturated rings. The minimum absolute atomic E-state index is 0. The number of halogens is 2. The maximum atomic E-state index is 3.30. The molecule has 0 heterocycles. The first-order valence-corrected chi connectivity index (χ1v) is 16.9. The number of rotatable bonds is 1. The molecule has 1 aliphatic carbocycles. The molecule has 0 amide bonds. The zero-order chi connectivity index (χ0) is 22.4. The van der Waals surface area contributed by atoms with E-state index in [1.54, 1.807) is 23.3 Å². The van der Waals surface area contributed by atoms with E-state index in [1.165, 1.54) is 50.1 Å². The molecule has 0 saturated heterocycles. The molecule has 0 nitrogen and oxygen atoms in total. The van der Waals surface area contributed by atoms with Crippen molar-refractivity contribution in [3.05, 3.63) is 113 Å². The van der Waals surface area contributed by atoms with Gasteiger partial charge in [-0.1, -0.05) is 69.8 Å². The zero-order valence-electron chi connectivity index (χ0n) is 20.0. The molecule has 0 N–H and O–H groups in total. The van der Waals surface area contributed by atoms with Gasteiger partial charge in [-0.15, -0.1) is 5.56 Å². The number of benzene rings is 3. The van der Waals surface area contributed by atoms with Gasteiger partial charge in [0.05, 0.1) is 0 Å². The summed E-state index contributed by atoms with van der Waals surface area (Å²) in [6.07, 6.45) is 1.05. The topological polar surface area (TPSA) is 0 Å². The molecule has 0 aromatic heterocycles. The monoisotopic (exact) mass is 566 g/mol. The maximum absolute atomic E-state index is 3.30. The zero-order valence-corrected chi connectivity index (χ0v) is 24.9. The molecule has 33 heavy (non-hydrogen) atoms. The first kappa shape index (κ1) is 29.7. The summed E-state index contributed by atoms with van der Waals surface area (Å²) in [7, 11) is 0. The third-order valence-corrected chi connectivity index (χ3v) is 5.24. The fourth-order valence-electron chi connectivity index (χ4n) is 4.17. The van der Waals surface area contributed by atoms with Gasteiger partial charge in [0, 0.05) is 0 Å². The molecule has 170 valence electrons. The van der Waals surface area contributed by atoms with Crippen molar-refractivity contribution in [3.63, 3.8) is 0 Å². The Balaban J connectivity index is 0.000000271. The second-order valence-electron chi connectivity index (χ2n) is 8.34. The van der Waals surface area contributed by atoms with Gasteiger partial charge in [-0.3, -0.25) is 0 Å². The average molecular weight is 569 g/mol. The van der Waals surface area contributed by atoms with Crippen LogP contribution in [-0.4, -0.2) is 5.43 Å². The molecule has 0 aliphatic heterocycles. The van der Waals surface area contributed by atoms with E-state index in [0.29, 0.717) is 0 Å². The molecule has 0 saturated carbocycles. The Morgan fingerprint density at radius 1 is 0.879 bits per heavy atom. The minimum Gasteiger partial charge on any atom is -1.00 e. The van der Waals surface area contributed by atoms with Crippen LogP contribution in [0.4, 0.5) is 0 Å². The largest absolute Gasteiger partial charge is 1.00 e. The van der Waals surface area contributed by atoms with Crippen molar-refractivity contribution in [2.45, 2.75) is 40.3 Å². The summed E-state index contributed by atoms with van der Waals surface area (Å²) in [6.45, 7) is 11.1. The van der Waals surface area contributed by atoms with Gasteiger partial charge in [0.25, 0.3) is 0 Å². The van der Waals surface area contributed by atoms with Crippen molar-refractivity contribution in [3.8, 4) is 22.3 Å². The Hall–Kier alpha value is -1.31. The van der Waals surface area contributed by atoms with Crippen LogP contribution in [0.1, 0.15) is 27.8 Å². The summed E-state index contributed by atoms with van der Waals surface area (Å²) >= 11 is 1.74. The standard InChI is InChI=1S/C14H15.C13H9.C2H6Si.2ClH.Zr/c1-10-8-11(2)14(12(3)9-10)13-6-4-5-7-13;1-3-7-12-10(5-1)9-11-6-2-4-8-13(11)12;1-3-2;;;/h4-9H,1-3H3;1-5,7-8H,9H2;1-2H3;2*1H;/q2*-1;;;;+2/p-2. The fraction of sp³-hybridized carbons (Fsp3) is 0.207. The average Bonchev–Trinajstić information content (AvgIpc) is 3.35. The quantitative estimate of drug-likeness (QED) is 0.214. The molecular weight excluding hydrogens is 539 g/mol. The summed E-state index contributed by atoms with van der Waals surface area (Å²) in [6, 6.07) is 31.1. The number of hydrogen-bond donors (Lipinski definition) is 0. The van der Waals surface area contributed by atoms with Crippen molar-refractivity contribution >= 4 is 5.43 Å². The molecule has 5 rings (SSSR count). The van der Waals surface area contributed by atoms with Crippen molar-refractivity contribution in [2.75, 3.05) is 0 Å². The molecule has 0 unspecified atom stereocenters. The molecule has 0 bridgehead atoms. The summed E-state index contributed by atoms with van der Waals surface area (Å²) in [5.74, 6) is 0. The van der Waals surface area contributed by atoms with E-state index in [2.05, 4.69) is 113 Å². The van der Waals surface area contributed by atoms with Crippen molar-refractivity contribution in [1.29, 1.82) is 0 Å². The van der Waals surface area contributed by atoms with Gasteiger partial charge in [-0.05, 0) is 27.2 Å². The predicted molar refractivity (Wildman–Crippen MR) is 133 cm³/mol. The SMILES string of the molecule is C[Si](C)=[Zr+2].Cc1cc(C)c(-c2cc[cH-]c2)c(C)c1.[Cl-].[Cl-].[c-]1cccc2c1Cc1ccccc1-2. The predicted octanol–water partition coefficient (Wildman–Crippen LogP) is 1.85. The smallest absolute Gasteiger partial charge is 0.0253 e. The van der Waals surface area contributed by atoms with Gasteiger partial charge in [0.15, 0.2) is 0 Å². The molecule has 4 aromatic rings. The third-order valence-electron chi connectivity index (χ3n) is 5.24. The van der Waals surface area contributed by atoms with Crippen molar-refractivity contribution < 1.29 is 48.1 Å². The van der Waals surface area contributed by atoms with Crippen molar-refractivity contribution in [2.24, 2.45) is 0 Å². The summed E-state index contributed by atoms with van der Waals surface area (Å²) in [4.78, 5) is 0. The van der Waals surface area contributed by atoms with E-state index < -0.39 is 0 Å². The number of hydrogen-bond acceptors (Lipinski definition) is 0. The normalized spacial score (nSPS) is 10.2. The van der Waals surface area contributed by atoms with E-state index in [0.717, 1.165) is 6.42 Å². The van der Waals surface area contributed by atoms with Crippen LogP contribution in [-0.2, 0) is 29.8 Å². The summed E-state index contributed by atoms with van der Waals surface area (Å²) in [5, 5.41) is 0. The Morgan fingerprint density at radius 3 is 2.09 bits per heavy atom. The van der Waals surface area contributed by atoms with Crippen LogP contribution in [0.15, 0.2) is 78.9 Å². The Morgan fingerprint density at radius 2 is 1.48 bits per heavy atom. The molecule has 4 aromatic carbocycles. The summed E-state index contributed by atoms with van der Waals surface area (Å²) in [5.41, 5.74) is 12.5. The van der Waals surface area contributed by atoms with Crippen LogP contribution >= 0.6 is 0 Å². The Kier molecular flexibility index (Phi) is 12.8. The minimum atomic E-state index is 0. The van der Waals surface area contributed by atoms with Crippen molar-refractivity contribution in [1.82, 2.24) is 0 Å². The van der Waals surface area contributed by atoms with Crippen LogP contribution in [0.2, 0.25) is 13.1 Å². The molecule has 0 atom stereocenters. The van der Waals surface area contributed by atoms with Gasteiger partial charge in [-0.25, -0.2) is 6.07 Å².